The Labute approximate surface area is 132 Å². The van der Waals surface area contributed by atoms with Crippen LogP contribution in [0.25, 0.3) is 0 Å². The van der Waals surface area contributed by atoms with Crippen molar-refractivity contribution < 1.29 is 5.11 Å². The van der Waals surface area contributed by atoms with Crippen LogP contribution in [0.2, 0.25) is 0 Å². The van der Waals surface area contributed by atoms with Gasteiger partial charge in [-0.25, -0.2) is 0 Å². The standard InChI is InChI=1S/C18H38N2O/c1-15(2)11-19-12-18(9-7-8-16(3)10-18)14-20(6)13-17(4,5)21/h15-16,19,21H,7-14H2,1-6H3. The van der Waals surface area contributed by atoms with Gasteiger partial charge >= 0.3 is 0 Å². The maximum atomic E-state index is 10.0. The molecule has 0 aromatic heterocycles. The maximum Gasteiger partial charge on any atom is 0.0718 e. The molecule has 2 N–H and O–H groups in total. The van der Waals surface area contributed by atoms with Gasteiger partial charge in [0.05, 0.1) is 5.60 Å². The Bertz CT molecular complexity index is 298. The molecule has 21 heavy (non-hydrogen) atoms. The van der Waals surface area contributed by atoms with Crippen molar-refractivity contribution in [3.8, 4) is 0 Å². The lowest BCUT2D eigenvalue weighted by molar-refractivity contribution is 0.0181. The Morgan fingerprint density at radius 2 is 2.05 bits per heavy atom. The van der Waals surface area contributed by atoms with Crippen LogP contribution in [0.3, 0.4) is 0 Å². The molecule has 1 aliphatic rings. The molecule has 0 heterocycles. The molecular formula is C18H38N2O. The van der Waals surface area contributed by atoms with Gasteiger partial charge in [0.25, 0.3) is 0 Å². The Morgan fingerprint density at radius 1 is 1.38 bits per heavy atom. The van der Waals surface area contributed by atoms with Crippen molar-refractivity contribution in [2.45, 2.75) is 65.9 Å². The van der Waals surface area contributed by atoms with Gasteiger partial charge in [-0.15, -0.1) is 0 Å². The minimum Gasteiger partial charge on any atom is -0.389 e. The predicted octanol–water partition coefficient (Wildman–Crippen LogP) is 3.13. The molecule has 0 bridgehead atoms. The molecule has 2 unspecified atom stereocenters. The summed E-state index contributed by atoms with van der Waals surface area (Å²) >= 11 is 0. The summed E-state index contributed by atoms with van der Waals surface area (Å²) in [7, 11) is 2.15. The van der Waals surface area contributed by atoms with E-state index in [1.54, 1.807) is 0 Å². The van der Waals surface area contributed by atoms with Gasteiger partial charge in [-0.3, -0.25) is 0 Å². The summed E-state index contributed by atoms with van der Waals surface area (Å²) in [6.45, 7) is 14.8. The van der Waals surface area contributed by atoms with Crippen molar-refractivity contribution in [3.63, 3.8) is 0 Å². The van der Waals surface area contributed by atoms with Crippen molar-refractivity contribution in [1.82, 2.24) is 10.2 Å². The zero-order valence-corrected chi connectivity index (χ0v) is 15.2. The summed E-state index contributed by atoms with van der Waals surface area (Å²) in [5.41, 5.74) is -0.228. The molecule has 126 valence electrons. The molecular weight excluding hydrogens is 260 g/mol. The van der Waals surface area contributed by atoms with Gasteiger partial charge in [0, 0.05) is 19.6 Å². The minimum atomic E-state index is -0.610. The first-order valence-corrected chi connectivity index (χ1v) is 8.73. The van der Waals surface area contributed by atoms with Gasteiger partial charge in [0.2, 0.25) is 0 Å². The van der Waals surface area contributed by atoms with Crippen LogP contribution >= 0.6 is 0 Å². The molecule has 0 spiro atoms. The number of nitrogens with zero attached hydrogens (tertiary/aromatic N) is 1. The first-order valence-electron chi connectivity index (χ1n) is 8.73. The van der Waals surface area contributed by atoms with E-state index in [0.29, 0.717) is 11.3 Å². The molecule has 3 nitrogen and oxygen atoms in total. The maximum absolute atomic E-state index is 10.0. The molecule has 0 aliphatic heterocycles. The molecule has 0 amide bonds. The second kappa shape index (κ2) is 7.94. The average Bonchev–Trinajstić information content (AvgIpc) is 2.24. The van der Waals surface area contributed by atoms with Crippen LogP contribution in [-0.2, 0) is 0 Å². The van der Waals surface area contributed by atoms with E-state index in [0.717, 1.165) is 32.1 Å². The highest BCUT2D eigenvalue weighted by Gasteiger charge is 2.36. The van der Waals surface area contributed by atoms with Gasteiger partial charge < -0.3 is 15.3 Å². The molecule has 2 atom stereocenters. The Kier molecular flexibility index (Phi) is 7.15. The van der Waals surface area contributed by atoms with Crippen molar-refractivity contribution in [2.75, 3.05) is 33.2 Å². The predicted molar refractivity (Wildman–Crippen MR) is 91.6 cm³/mol. The fraction of sp³-hybridized carbons (Fsp3) is 1.00. The summed E-state index contributed by atoms with van der Waals surface area (Å²) in [5, 5.41) is 13.7. The second-order valence-corrected chi connectivity index (χ2v) is 8.71. The first kappa shape index (κ1) is 18.9. The molecule has 1 saturated carbocycles. The van der Waals surface area contributed by atoms with E-state index in [-0.39, 0.29) is 0 Å². The lowest BCUT2D eigenvalue weighted by atomic mass is 9.69. The first-order chi connectivity index (χ1) is 9.62. The Balaban J connectivity index is 2.63. The average molecular weight is 299 g/mol. The number of hydrogen-bond acceptors (Lipinski definition) is 3. The van der Waals surface area contributed by atoms with Crippen molar-refractivity contribution >= 4 is 0 Å². The number of rotatable bonds is 8. The van der Waals surface area contributed by atoms with E-state index in [4.69, 9.17) is 0 Å². The summed E-state index contributed by atoms with van der Waals surface area (Å²) < 4.78 is 0. The Hall–Kier alpha value is -0.120. The zero-order valence-electron chi connectivity index (χ0n) is 15.2. The zero-order chi connectivity index (χ0) is 16.1. The second-order valence-electron chi connectivity index (χ2n) is 8.71. The summed E-state index contributed by atoms with van der Waals surface area (Å²) in [5.74, 6) is 1.53. The Morgan fingerprint density at radius 3 is 2.57 bits per heavy atom. The normalized spacial score (nSPS) is 27.6. The smallest absolute Gasteiger partial charge is 0.0718 e. The molecule has 1 rings (SSSR count). The third-order valence-corrected chi connectivity index (χ3v) is 4.50. The van der Waals surface area contributed by atoms with Gasteiger partial charge in [0.1, 0.15) is 0 Å². The topological polar surface area (TPSA) is 35.5 Å². The molecule has 0 radical (unpaired) electrons. The third kappa shape index (κ3) is 7.62. The van der Waals surface area contributed by atoms with Crippen LogP contribution in [0.15, 0.2) is 0 Å². The highest BCUT2D eigenvalue weighted by Crippen LogP contribution is 2.39. The highest BCUT2D eigenvalue weighted by molar-refractivity contribution is 4.90. The van der Waals surface area contributed by atoms with E-state index < -0.39 is 5.60 Å². The van der Waals surface area contributed by atoms with E-state index in [1.807, 2.05) is 13.8 Å². The number of hydrogen-bond donors (Lipinski definition) is 2. The minimum absolute atomic E-state index is 0.382. The molecule has 1 fully saturated rings. The van der Waals surface area contributed by atoms with Gasteiger partial charge in [-0.1, -0.05) is 33.6 Å². The summed E-state index contributed by atoms with van der Waals surface area (Å²) in [4.78, 5) is 2.33. The van der Waals surface area contributed by atoms with Gasteiger partial charge in [-0.2, -0.15) is 0 Å². The van der Waals surface area contributed by atoms with Crippen molar-refractivity contribution in [2.24, 2.45) is 17.3 Å². The van der Waals surface area contributed by atoms with E-state index in [1.165, 1.54) is 25.7 Å². The van der Waals surface area contributed by atoms with E-state index >= 15 is 0 Å². The van der Waals surface area contributed by atoms with Crippen LogP contribution in [0, 0.1) is 17.3 Å². The van der Waals surface area contributed by atoms with E-state index in [9.17, 15) is 5.11 Å². The number of likely N-dealkylation sites (N-methyl/N-ethyl adjacent to an activating group) is 1. The monoisotopic (exact) mass is 298 g/mol. The fourth-order valence-corrected chi connectivity index (χ4v) is 4.04. The fourth-order valence-electron chi connectivity index (χ4n) is 4.04. The molecule has 0 saturated heterocycles. The molecule has 3 heteroatoms. The molecule has 0 aromatic carbocycles. The van der Waals surface area contributed by atoms with Crippen LogP contribution in [0.1, 0.15) is 60.3 Å². The summed E-state index contributed by atoms with van der Waals surface area (Å²) in [6.07, 6.45) is 5.36. The van der Waals surface area contributed by atoms with Crippen LogP contribution < -0.4 is 5.32 Å². The van der Waals surface area contributed by atoms with Crippen molar-refractivity contribution in [3.05, 3.63) is 0 Å². The number of aliphatic hydroxyl groups is 1. The SMILES string of the molecule is CC(C)CNCC1(CN(C)CC(C)(C)O)CCCC(C)C1. The van der Waals surface area contributed by atoms with Crippen LogP contribution in [-0.4, -0.2) is 48.8 Å². The van der Waals surface area contributed by atoms with Gasteiger partial charge in [-0.05, 0) is 57.5 Å². The largest absolute Gasteiger partial charge is 0.389 e. The molecule has 0 aromatic rings. The van der Waals surface area contributed by atoms with Crippen LogP contribution in [0.5, 0.6) is 0 Å². The molecule has 1 aliphatic carbocycles. The summed E-state index contributed by atoms with van der Waals surface area (Å²) in [6, 6.07) is 0. The van der Waals surface area contributed by atoms with Gasteiger partial charge in [0.15, 0.2) is 0 Å². The lowest BCUT2D eigenvalue weighted by Gasteiger charge is -2.43. The highest BCUT2D eigenvalue weighted by atomic mass is 16.3. The number of nitrogens with one attached hydrogen (secondary N) is 1. The van der Waals surface area contributed by atoms with Crippen LogP contribution in [0.4, 0.5) is 0 Å². The lowest BCUT2D eigenvalue weighted by Crippen LogP contribution is -2.48. The van der Waals surface area contributed by atoms with Crippen molar-refractivity contribution in [1.29, 1.82) is 0 Å². The van der Waals surface area contributed by atoms with E-state index in [2.05, 4.69) is 38.0 Å². The third-order valence-electron chi connectivity index (χ3n) is 4.50. The quantitative estimate of drug-likeness (QED) is 0.722.